The summed E-state index contributed by atoms with van der Waals surface area (Å²) in [4.78, 5) is 10.4. The summed E-state index contributed by atoms with van der Waals surface area (Å²) >= 11 is 0. The lowest BCUT2D eigenvalue weighted by Gasteiger charge is -2.10. The third-order valence-electron chi connectivity index (χ3n) is 2.68. The number of carbonyl (C=O) groups is 1. The molecule has 94 valence electrons. The van der Waals surface area contributed by atoms with E-state index in [0.29, 0.717) is 5.56 Å². The van der Waals surface area contributed by atoms with Gasteiger partial charge in [-0.05, 0) is 30.2 Å². The molecular weight excluding hydrogens is 232 g/mol. The molecule has 1 unspecified atom stereocenters. The molecule has 0 radical (unpaired) electrons. The van der Waals surface area contributed by atoms with Crippen molar-refractivity contribution in [1.29, 1.82) is 0 Å². The van der Waals surface area contributed by atoms with Crippen LogP contribution in [0.15, 0.2) is 42.7 Å². The second kappa shape index (κ2) is 5.46. The average molecular weight is 246 g/mol. The van der Waals surface area contributed by atoms with Crippen molar-refractivity contribution >= 4 is 5.97 Å². The molecule has 0 bridgehead atoms. The van der Waals surface area contributed by atoms with E-state index in [1.54, 1.807) is 23.0 Å². The van der Waals surface area contributed by atoms with E-state index >= 15 is 0 Å². The van der Waals surface area contributed by atoms with Crippen LogP contribution in [0.25, 0.3) is 5.69 Å². The number of aliphatic carboxylic acids is 1. The van der Waals surface area contributed by atoms with Crippen molar-refractivity contribution in [2.24, 2.45) is 0 Å². The zero-order valence-corrected chi connectivity index (χ0v) is 9.73. The largest absolute Gasteiger partial charge is 0.481 e. The summed E-state index contributed by atoms with van der Waals surface area (Å²) in [5.74, 6) is -0.901. The number of hydrogen-bond acceptors (Lipinski definition) is 3. The van der Waals surface area contributed by atoms with Gasteiger partial charge in [-0.3, -0.25) is 4.79 Å². The molecule has 2 N–H and O–H groups in total. The quantitative estimate of drug-likeness (QED) is 0.843. The van der Waals surface area contributed by atoms with Crippen molar-refractivity contribution in [3.8, 4) is 5.69 Å². The first-order chi connectivity index (χ1) is 8.66. The number of hydrogen-bond donors (Lipinski definition) is 2. The van der Waals surface area contributed by atoms with Crippen LogP contribution < -0.4 is 0 Å². The Balaban J connectivity index is 2.05. The van der Waals surface area contributed by atoms with Gasteiger partial charge in [-0.1, -0.05) is 12.1 Å². The molecule has 2 aromatic rings. The topological polar surface area (TPSA) is 75.3 Å². The molecular formula is C13H14N2O3. The molecule has 0 spiro atoms. The van der Waals surface area contributed by atoms with E-state index < -0.39 is 12.1 Å². The Hall–Kier alpha value is -2.14. The third-order valence-corrected chi connectivity index (χ3v) is 2.68. The number of aromatic nitrogens is 2. The Kier molecular flexibility index (Phi) is 3.74. The summed E-state index contributed by atoms with van der Waals surface area (Å²) < 4.78 is 1.72. The molecule has 0 saturated carbocycles. The summed E-state index contributed by atoms with van der Waals surface area (Å²) in [6.45, 7) is 0. The maximum atomic E-state index is 10.4. The summed E-state index contributed by atoms with van der Waals surface area (Å²) in [5, 5.41) is 22.5. The Morgan fingerprint density at radius 1 is 1.33 bits per heavy atom. The Morgan fingerprint density at radius 2 is 2.06 bits per heavy atom. The van der Waals surface area contributed by atoms with Crippen LogP contribution in [0.5, 0.6) is 0 Å². The SMILES string of the molecule is O=C(O)CCC(O)c1ccc(-n2cccn2)cc1. The van der Waals surface area contributed by atoms with Crippen molar-refractivity contribution < 1.29 is 15.0 Å². The van der Waals surface area contributed by atoms with Gasteiger partial charge in [-0.25, -0.2) is 4.68 Å². The minimum atomic E-state index is -0.901. The van der Waals surface area contributed by atoms with E-state index in [-0.39, 0.29) is 12.8 Å². The number of nitrogens with zero attached hydrogens (tertiary/aromatic N) is 2. The molecule has 0 aliphatic rings. The molecule has 18 heavy (non-hydrogen) atoms. The van der Waals surface area contributed by atoms with Crippen molar-refractivity contribution in [3.63, 3.8) is 0 Å². The van der Waals surface area contributed by atoms with E-state index in [4.69, 9.17) is 5.11 Å². The molecule has 1 heterocycles. The van der Waals surface area contributed by atoms with Crippen LogP contribution in [0.4, 0.5) is 0 Å². The van der Waals surface area contributed by atoms with Crippen LogP contribution in [0, 0.1) is 0 Å². The molecule has 0 aliphatic carbocycles. The lowest BCUT2D eigenvalue weighted by molar-refractivity contribution is -0.137. The molecule has 1 aromatic carbocycles. The summed E-state index contributed by atoms with van der Waals surface area (Å²) in [6.07, 6.45) is 2.96. The van der Waals surface area contributed by atoms with Gasteiger partial charge < -0.3 is 10.2 Å². The first-order valence-corrected chi connectivity index (χ1v) is 5.66. The number of rotatable bonds is 5. The lowest BCUT2D eigenvalue weighted by atomic mass is 10.0. The predicted molar refractivity (Wildman–Crippen MR) is 65.4 cm³/mol. The zero-order valence-electron chi connectivity index (χ0n) is 9.73. The molecule has 1 atom stereocenters. The number of aliphatic hydroxyl groups excluding tert-OH is 1. The van der Waals surface area contributed by atoms with E-state index in [1.165, 1.54) is 0 Å². The highest BCUT2D eigenvalue weighted by Crippen LogP contribution is 2.19. The van der Waals surface area contributed by atoms with Gasteiger partial charge in [0.1, 0.15) is 0 Å². The second-order valence-corrected chi connectivity index (χ2v) is 3.99. The van der Waals surface area contributed by atoms with Crippen LogP contribution >= 0.6 is 0 Å². The van der Waals surface area contributed by atoms with Gasteiger partial charge in [0, 0.05) is 18.8 Å². The van der Waals surface area contributed by atoms with Gasteiger partial charge in [0.15, 0.2) is 0 Å². The summed E-state index contributed by atoms with van der Waals surface area (Å²) in [7, 11) is 0. The molecule has 5 nitrogen and oxygen atoms in total. The van der Waals surface area contributed by atoms with Crippen LogP contribution in [0.2, 0.25) is 0 Å². The summed E-state index contributed by atoms with van der Waals surface area (Å²) in [5.41, 5.74) is 1.61. The van der Waals surface area contributed by atoms with Crippen LogP contribution in [-0.2, 0) is 4.79 Å². The van der Waals surface area contributed by atoms with E-state index in [0.717, 1.165) is 5.69 Å². The second-order valence-electron chi connectivity index (χ2n) is 3.99. The van der Waals surface area contributed by atoms with Gasteiger partial charge in [-0.15, -0.1) is 0 Å². The van der Waals surface area contributed by atoms with Gasteiger partial charge in [-0.2, -0.15) is 5.10 Å². The minimum Gasteiger partial charge on any atom is -0.481 e. The van der Waals surface area contributed by atoms with E-state index in [9.17, 15) is 9.90 Å². The fourth-order valence-electron chi connectivity index (χ4n) is 1.70. The molecule has 0 fully saturated rings. The monoisotopic (exact) mass is 246 g/mol. The Bertz CT molecular complexity index is 506. The average Bonchev–Trinajstić information content (AvgIpc) is 2.90. The highest BCUT2D eigenvalue weighted by atomic mass is 16.4. The normalized spacial score (nSPS) is 12.3. The van der Waals surface area contributed by atoms with Crippen LogP contribution in [-0.4, -0.2) is 26.0 Å². The van der Waals surface area contributed by atoms with Gasteiger partial charge in [0.25, 0.3) is 0 Å². The zero-order chi connectivity index (χ0) is 13.0. The van der Waals surface area contributed by atoms with E-state index in [1.807, 2.05) is 24.4 Å². The Labute approximate surface area is 104 Å². The number of carboxylic acid groups (broad SMARTS) is 1. The molecule has 0 saturated heterocycles. The van der Waals surface area contributed by atoms with Gasteiger partial charge in [0.2, 0.25) is 0 Å². The first-order valence-electron chi connectivity index (χ1n) is 5.66. The fraction of sp³-hybridized carbons (Fsp3) is 0.231. The highest BCUT2D eigenvalue weighted by molar-refractivity contribution is 5.66. The van der Waals surface area contributed by atoms with Crippen molar-refractivity contribution in [2.75, 3.05) is 0 Å². The first kappa shape index (κ1) is 12.3. The number of benzene rings is 1. The van der Waals surface area contributed by atoms with Crippen molar-refractivity contribution in [2.45, 2.75) is 18.9 Å². The molecule has 1 aromatic heterocycles. The van der Waals surface area contributed by atoms with Gasteiger partial charge in [0.05, 0.1) is 11.8 Å². The summed E-state index contributed by atoms with van der Waals surface area (Å²) in [6, 6.07) is 9.07. The van der Waals surface area contributed by atoms with Crippen molar-refractivity contribution in [1.82, 2.24) is 9.78 Å². The molecule has 5 heteroatoms. The van der Waals surface area contributed by atoms with Gasteiger partial charge >= 0.3 is 5.97 Å². The lowest BCUT2D eigenvalue weighted by Crippen LogP contribution is -2.03. The predicted octanol–water partition coefficient (Wildman–Crippen LogP) is 1.77. The molecule has 0 aliphatic heterocycles. The third kappa shape index (κ3) is 2.95. The van der Waals surface area contributed by atoms with E-state index in [2.05, 4.69) is 5.10 Å². The maximum Gasteiger partial charge on any atom is 0.303 e. The minimum absolute atomic E-state index is 0.0396. The Morgan fingerprint density at radius 3 is 2.61 bits per heavy atom. The molecule has 0 amide bonds. The van der Waals surface area contributed by atoms with Crippen LogP contribution in [0.1, 0.15) is 24.5 Å². The molecule has 2 rings (SSSR count). The van der Waals surface area contributed by atoms with Crippen LogP contribution in [0.3, 0.4) is 0 Å². The highest BCUT2D eigenvalue weighted by Gasteiger charge is 2.09. The number of aliphatic hydroxyl groups is 1. The smallest absolute Gasteiger partial charge is 0.303 e. The number of carboxylic acids is 1. The van der Waals surface area contributed by atoms with Crippen molar-refractivity contribution in [3.05, 3.63) is 48.3 Å². The maximum absolute atomic E-state index is 10.4. The standard InChI is InChI=1S/C13H14N2O3/c16-12(6-7-13(17)18)10-2-4-11(5-3-10)15-9-1-8-14-15/h1-5,8-9,12,16H,6-7H2,(H,17,18). The fourth-order valence-corrected chi connectivity index (χ4v) is 1.70.